The lowest BCUT2D eigenvalue weighted by atomic mass is 10.2. The van der Waals surface area contributed by atoms with Gasteiger partial charge < -0.3 is 0 Å². The molecule has 0 heterocycles. The van der Waals surface area contributed by atoms with Crippen LogP contribution in [-0.4, -0.2) is 11.5 Å². The molecule has 0 amide bonds. The summed E-state index contributed by atoms with van der Waals surface area (Å²) in [5.74, 6) is 1.43. The average Bonchev–Trinajstić information content (AvgIpc) is 2.15. The zero-order valence-electron chi connectivity index (χ0n) is 8.13. The zero-order chi connectivity index (χ0) is 10.4. The number of carbonyl (C=O) groups is 1. The third-order valence-electron chi connectivity index (χ3n) is 1.81. The lowest BCUT2D eigenvalue weighted by Gasteiger charge is -2.01. The Labute approximate surface area is 87.7 Å². The predicted molar refractivity (Wildman–Crippen MR) is 57.9 cm³/mol. The smallest absolute Gasteiger partial charge is 0.130 e. The second-order valence-electron chi connectivity index (χ2n) is 3.10. The largest absolute Gasteiger partial charge is 0.300 e. The molecule has 0 aliphatic rings. The molecule has 76 valence electrons. The van der Waals surface area contributed by atoms with Crippen molar-refractivity contribution in [1.82, 2.24) is 0 Å². The van der Waals surface area contributed by atoms with Gasteiger partial charge in [0.25, 0.3) is 0 Å². The van der Waals surface area contributed by atoms with E-state index in [0.717, 1.165) is 5.75 Å². The van der Waals surface area contributed by atoms with Crippen molar-refractivity contribution in [1.29, 1.82) is 0 Å². The summed E-state index contributed by atoms with van der Waals surface area (Å²) in [7, 11) is 0. The molecule has 0 aromatic heterocycles. The van der Waals surface area contributed by atoms with Crippen LogP contribution in [0.2, 0.25) is 0 Å². The summed E-state index contributed by atoms with van der Waals surface area (Å²) in [6, 6.07) is 6.74. The molecule has 0 radical (unpaired) electrons. The van der Waals surface area contributed by atoms with Crippen molar-refractivity contribution in [2.75, 3.05) is 5.75 Å². The molecule has 0 saturated carbocycles. The van der Waals surface area contributed by atoms with Crippen molar-refractivity contribution in [3.8, 4) is 0 Å². The van der Waals surface area contributed by atoms with E-state index in [1.165, 1.54) is 6.07 Å². The number of thioether (sulfide) groups is 1. The molecular formula is C11H13FOS. The van der Waals surface area contributed by atoms with E-state index < -0.39 is 0 Å². The molecule has 0 aliphatic carbocycles. The van der Waals surface area contributed by atoms with Gasteiger partial charge in [0.05, 0.1) is 0 Å². The highest BCUT2D eigenvalue weighted by molar-refractivity contribution is 7.98. The van der Waals surface area contributed by atoms with Gasteiger partial charge in [-0.3, -0.25) is 4.79 Å². The van der Waals surface area contributed by atoms with Crippen LogP contribution < -0.4 is 0 Å². The van der Waals surface area contributed by atoms with Crippen LogP contribution in [0.3, 0.4) is 0 Å². The maximum absolute atomic E-state index is 13.1. The third-order valence-corrected chi connectivity index (χ3v) is 2.82. The van der Waals surface area contributed by atoms with Crippen LogP contribution >= 0.6 is 11.8 Å². The first kappa shape index (κ1) is 11.2. The summed E-state index contributed by atoms with van der Waals surface area (Å²) in [4.78, 5) is 10.6. The van der Waals surface area contributed by atoms with E-state index in [0.29, 0.717) is 17.7 Å². The Morgan fingerprint density at radius 1 is 1.43 bits per heavy atom. The number of halogens is 1. The van der Waals surface area contributed by atoms with Crippen LogP contribution in [-0.2, 0) is 10.5 Å². The lowest BCUT2D eigenvalue weighted by Crippen LogP contribution is -1.93. The highest BCUT2D eigenvalue weighted by atomic mass is 32.2. The minimum atomic E-state index is -0.164. The fourth-order valence-electron chi connectivity index (χ4n) is 1.01. The van der Waals surface area contributed by atoms with Crippen LogP contribution in [0.4, 0.5) is 4.39 Å². The first-order chi connectivity index (χ1) is 6.70. The molecule has 0 atom stereocenters. The van der Waals surface area contributed by atoms with E-state index in [9.17, 15) is 9.18 Å². The van der Waals surface area contributed by atoms with Crippen LogP contribution in [0.1, 0.15) is 18.9 Å². The van der Waals surface area contributed by atoms with E-state index in [1.54, 1.807) is 30.8 Å². The summed E-state index contributed by atoms with van der Waals surface area (Å²) in [6.07, 6.45) is 0.569. The monoisotopic (exact) mass is 212 g/mol. The molecule has 0 fully saturated rings. The summed E-state index contributed by atoms with van der Waals surface area (Å²) >= 11 is 1.59. The molecule has 0 unspecified atom stereocenters. The summed E-state index contributed by atoms with van der Waals surface area (Å²) in [5.41, 5.74) is 0.709. The Kier molecular flexibility index (Phi) is 4.66. The van der Waals surface area contributed by atoms with Gasteiger partial charge in [-0.05, 0) is 18.6 Å². The van der Waals surface area contributed by atoms with Gasteiger partial charge in [-0.15, -0.1) is 0 Å². The number of hydrogen-bond donors (Lipinski definition) is 0. The molecule has 1 aromatic rings. The minimum absolute atomic E-state index is 0.164. The number of carbonyl (C=O) groups excluding carboxylic acids is 1. The van der Waals surface area contributed by atoms with E-state index in [1.807, 2.05) is 6.07 Å². The molecule has 0 spiro atoms. The fraction of sp³-hybridized carbons (Fsp3) is 0.364. The van der Waals surface area contributed by atoms with Crippen molar-refractivity contribution in [2.45, 2.75) is 19.1 Å². The van der Waals surface area contributed by atoms with Gasteiger partial charge in [-0.1, -0.05) is 18.2 Å². The normalized spacial score (nSPS) is 10.1. The van der Waals surface area contributed by atoms with Crippen LogP contribution in [0.15, 0.2) is 24.3 Å². The quantitative estimate of drug-likeness (QED) is 0.698. The Morgan fingerprint density at radius 2 is 2.14 bits per heavy atom. The van der Waals surface area contributed by atoms with E-state index in [-0.39, 0.29) is 11.6 Å². The molecule has 0 saturated heterocycles. The highest BCUT2D eigenvalue weighted by Gasteiger charge is 2.00. The number of rotatable bonds is 5. The standard InChI is InChI=1S/C11H13FOS/c1-9(13)6-7-14-8-10-4-2-3-5-11(10)12/h2-5H,6-8H2,1H3. The summed E-state index contributed by atoms with van der Waals surface area (Å²) in [5, 5.41) is 0. The fourth-order valence-corrected chi connectivity index (χ4v) is 2.04. The second-order valence-corrected chi connectivity index (χ2v) is 4.20. The van der Waals surface area contributed by atoms with Gasteiger partial charge in [0.1, 0.15) is 11.6 Å². The second kappa shape index (κ2) is 5.81. The summed E-state index contributed by atoms with van der Waals surface area (Å²) < 4.78 is 13.1. The Balaban J connectivity index is 2.31. The molecule has 0 aliphatic heterocycles. The zero-order valence-corrected chi connectivity index (χ0v) is 8.94. The van der Waals surface area contributed by atoms with Gasteiger partial charge in [0.15, 0.2) is 0 Å². The molecule has 14 heavy (non-hydrogen) atoms. The molecule has 0 N–H and O–H groups in total. The Hall–Kier alpha value is -0.830. The predicted octanol–water partition coefficient (Wildman–Crippen LogP) is 3.04. The minimum Gasteiger partial charge on any atom is -0.300 e. The summed E-state index contributed by atoms with van der Waals surface area (Å²) in [6.45, 7) is 1.57. The topological polar surface area (TPSA) is 17.1 Å². The highest BCUT2D eigenvalue weighted by Crippen LogP contribution is 2.15. The van der Waals surface area contributed by atoms with E-state index in [2.05, 4.69) is 0 Å². The number of ketones is 1. The maximum atomic E-state index is 13.1. The van der Waals surface area contributed by atoms with Gasteiger partial charge in [-0.2, -0.15) is 11.8 Å². The van der Waals surface area contributed by atoms with Gasteiger partial charge >= 0.3 is 0 Å². The van der Waals surface area contributed by atoms with Crippen LogP contribution in [0.25, 0.3) is 0 Å². The first-order valence-electron chi connectivity index (χ1n) is 4.50. The van der Waals surface area contributed by atoms with Crippen molar-refractivity contribution in [3.05, 3.63) is 35.6 Å². The molecule has 1 rings (SSSR count). The molecular weight excluding hydrogens is 199 g/mol. The number of benzene rings is 1. The van der Waals surface area contributed by atoms with Gasteiger partial charge in [0, 0.05) is 17.9 Å². The van der Waals surface area contributed by atoms with Crippen LogP contribution in [0, 0.1) is 5.82 Å². The molecule has 3 heteroatoms. The van der Waals surface area contributed by atoms with Crippen molar-refractivity contribution < 1.29 is 9.18 Å². The van der Waals surface area contributed by atoms with Crippen LogP contribution in [0.5, 0.6) is 0 Å². The van der Waals surface area contributed by atoms with E-state index >= 15 is 0 Å². The first-order valence-corrected chi connectivity index (χ1v) is 5.66. The third kappa shape index (κ3) is 3.92. The van der Waals surface area contributed by atoms with Gasteiger partial charge in [0.2, 0.25) is 0 Å². The maximum Gasteiger partial charge on any atom is 0.130 e. The SMILES string of the molecule is CC(=O)CCSCc1ccccc1F. The number of hydrogen-bond acceptors (Lipinski definition) is 2. The van der Waals surface area contributed by atoms with Crippen molar-refractivity contribution >= 4 is 17.5 Å². The Bertz CT molecular complexity index is 312. The van der Waals surface area contributed by atoms with Crippen molar-refractivity contribution in [2.24, 2.45) is 0 Å². The average molecular weight is 212 g/mol. The molecule has 0 bridgehead atoms. The Morgan fingerprint density at radius 3 is 2.79 bits per heavy atom. The van der Waals surface area contributed by atoms with Crippen molar-refractivity contribution in [3.63, 3.8) is 0 Å². The molecule has 1 nitrogen and oxygen atoms in total. The van der Waals surface area contributed by atoms with Gasteiger partial charge in [-0.25, -0.2) is 4.39 Å². The lowest BCUT2D eigenvalue weighted by molar-refractivity contribution is -0.116. The number of Topliss-reactive ketones (excluding diaryl/α,β-unsaturated/α-hetero) is 1. The van der Waals surface area contributed by atoms with E-state index in [4.69, 9.17) is 0 Å². The molecule has 1 aromatic carbocycles.